The number of anilines is 2. The molecule has 1 aromatic heterocycles. The zero-order chi connectivity index (χ0) is 17.2. The van der Waals surface area contributed by atoms with Gasteiger partial charge in [-0.05, 0) is 12.1 Å². The van der Waals surface area contributed by atoms with Crippen LogP contribution in [0.25, 0.3) is 0 Å². The lowest BCUT2D eigenvalue weighted by molar-refractivity contribution is 0.122. The van der Waals surface area contributed by atoms with Gasteiger partial charge in [-0.1, -0.05) is 0 Å². The molecule has 1 aliphatic rings. The molecule has 1 aliphatic heterocycles. The lowest BCUT2D eigenvalue weighted by Gasteiger charge is -2.26. The molecule has 0 bridgehead atoms. The van der Waals surface area contributed by atoms with Crippen molar-refractivity contribution in [2.75, 3.05) is 35.9 Å². The Bertz CT molecular complexity index is 824. The van der Waals surface area contributed by atoms with Crippen LogP contribution < -0.4 is 9.62 Å². The van der Waals surface area contributed by atoms with Gasteiger partial charge in [-0.15, -0.1) is 0 Å². The Hall–Kier alpha value is -2.33. The van der Waals surface area contributed by atoms with Gasteiger partial charge in [0.15, 0.2) is 0 Å². The summed E-state index contributed by atoms with van der Waals surface area (Å²) in [7, 11) is -4.20. The van der Waals surface area contributed by atoms with Crippen LogP contribution in [-0.2, 0) is 14.8 Å². The first-order chi connectivity index (χ1) is 11.5. The third-order valence-corrected chi connectivity index (χ3v) is 4.78. The normalized spacial score (nSPS) is 15.3. The molecule has 0 amide bonds. The van der Waals surface area contributed by atoms with E-state index in [1.165, 1.54) is 12.4 Å². The largest absolute Gasteiger partial charge is 0.378 e. The fourth-order valence-corrected chi connectivity index (χ4v) is 3.29. The van der Waals surface area contributed by atoms with Gasteiger partial charge in [0.25, 0.3) is 10.0 Å². The molecule has 0 unspecified atom stereocenters. The molecule has 1 fully saturated rings. The molecule has 128 valence electrons. The minimum absolute atomic E-state index is 0.0794. The zero-order valence-electron chi connectivity index (χ0n) is 12.4. The monoisotopic (exact) mass is 356 g/mol. The molecule has 1 aromatic carbocycles. The fourth-order valence-electron chi connectivity index (χ4n) is 2.20. The SMILES string of the molecule is O=S(=O)(Nc1cnc(N2CCOCC2)nc1)c1ccc(F)cc1F. The number of ether oxygens (including phenoxy) is 1. The second-order valence-corrected chi connectivity index (χ2v) is 6.70. The van der Waals surface area contributed by atoms with Gasteiger partial charge in [0.1, 0.15) is 16.5 Å². The Morgan fingerprint density at radius 1 is 1.12 bits per heavy atom. The van der Waals surface area contributed by atoms with Gasteiger partial charge in [0.05, 0.1) is 31.3 Å². The van der Waals surface area contributed by atoms with Crippen molar-refractivity contribution in [3.05, 3.63) is 42.2 Å². The van der Waals surface area contributed by atoms with Crippen molar-refractivity contribution < 1.29 is 21.9 Å². The van der Waals surface area contributed by atoms with Crippen LogP contribution in [0.3, 0.4) is 0 Å². The van der Waals surface area contributed by atoms with E-state index < -0.39 is 26.6 Å². The maximum Gasteiger partial charge on any atom is 0.264 e. The van der Waals surface area contributed by atoms with Crippen LogP contribution in [-0.4, -0.2) is 44.7 Å². The average Bonchev–Trinajstić information content (AvgIpc) is 2.55. The molecule has 0 atom stereocenters. The molecule has 2 aromatic rings. The van der Waals surface area contributed by atoms with E-state index in [0.717, 1.165) is 12.1 Å². The molecule has 1 N–H and O–H groups in total. The van der Waals surface area contributed by atoms with Crippen LogP contribution in [0.4, 0.5) is 20.4 Å². The molecule has 2 heterocycles. The maximum absolute atomic E-state index is 13.6. The van der Waals surface area contributed by atoms with Crippen molar-refractivity contribution >= 4 is 21.7 Å². The van der Waals surface area contributed by atoms with E-state index in [0.29, 0.717) is 38.3 Å². The highest BCUT2D eigenvalue weighted by atomic mass is 32.2. The first-order valence-electron chi connectivity index (χ1n) is 7.08. The van der Waals surface area contributed by atoms with Gasteiger partial charge < -0.3 is 9.64 Å². The second-order valence-electron chi connectivity index (χ2n) is 5.05. The third-order valence-electron chi connectivity index (χ3n) is 3.37. The standard InChI is InChI=1S/C14H14F2N4O3S/c15-10-1-2-13(12(16)7-10)24(21,22)19-11-8-17-14(18-9-11)20-3-5-23-6-4-20/h1-2,7-9,19H,3-6H2. The molecule has 10 heteroatoms. The number of morpholine rings is 1. The molecule has 24 heavy (non-hydrogen) atoms. The first kappa shape index (κ1) is 16.5. The summed E-state index contributed by atoms with van der Waals surface area (Å²) in [5, 5.41) is 0. The summed E-state index contributed by atoms with van der Waals surface area (Å²) in [5.41, 5.74) is 0.0794. The van der Waals surface area contributed by atoms with Crippen LogP contribution in [0.15, 0.2) is 35.5 Å². The number of nitrogens with one attached hydrogen (secondary N) is 1. The number of benzene rings is 1. The molecule has 0 saturated carbocycles. The minimum atomic E-state index is -4.20. The molecule has 7 nitrogen and oxygen atoms in total. The summed E-state index contributed by atoms with van der Waals surface area (Å²) in [6.07, 6.45) is 2.58. The maximum atomic E-state index is 13.6. The molecule has 0 spiro atoms. The van der Waals surface area contributed by atoms with E-state index in [9.17, 15) is 17.2 Å². The number of hydrogen-bond acceptors (Lipinski definition) is 6. The number of hydrogen-bond donors (Lipinski definition) is 1. The highest BCUT2D eigenvalue weighted by molar-refractivity contribution is 7.92. The summed E-state index contributed by atoms with van der Waals surface area (Å²) < 4.78 is 58.3. The topological polar surface area (TPSA) is 84.4 Å². The van der Waals surface area contributed by atoms with Crippen LogP contribution in [0.2, 0.25) is 0 Å². The van der Waals surface area contributed by atoms with Crippen molar-refractivity contribution in [3.8, 4) is 0 Å². The molecular formula is C14H14F2N4O3S. The van der Waals surface area contributed by atoms with Crippen molar-refractivity contribution in [3.63, 3.8) is 0 Å². The molecular weight excluding hydrogens is 342 g/mol. The Morgan fingerprint density at radius 2 is 1.79 bits per heavy atom. The van der Waals surface area contributed by atoms with Crippen molar-refractivity contribution in [1.29, 1.82) is 0 Å². The number of halogens is 2. The van der Waals surface area contributed by atoms with Crippen molar-refractivity contribution in [1.82, 2.24) is 9.97 Å². The van der Waals surface area contributed by atoms with E-state index in [4.69, 9.17) is 4.74 Å². The Kier molecular flexibility index (Phi) is 4.58. The summed E-state index contributed by atoms with van der Waals surface area (Å²) in [6.45, 7) is 2.43. The number of aromatic nitrogens is 2. The van der Waals surface area contributed by atoms with Crippen LogP contribution in [0.1, 0.15) is 0 Å². The van der Waals surface area contributed by atoms with Gasteiger partial charge in [-0.2, -0.15) is 0 Å². The average molecular weight is 356 g/mol. The van der Waals surface area contributed by atoms with Gasteiger partial charge in [0.2, 0.25) is 5.95 Å². The summed E-state index contributed by atoms with van der Waals surface area (Å²) >= 11 is 0. The summed E-state index contributed by atoms with van der Waals surface area (Å²) in [6, 6.07) is 2.23. The van der Waals surface area contributed by atoms with Gasteiger partial charge >= 0.3 is 0 Å². The van der Waals surface area contributed by atoms with Gasteiger partial charge in [-0.25, -0.2) is 27.2 Å². The Balaban J connectivity index is 1.77. The van der Waals surface area contributed by atoms with Crippen LogP contribution in [0, 0.1) is 11.6 Å². The highest BCUT2D eigenvalue weighted by Gasteiger charge is 2.20. The third kappa shape index (κ3) is 3.60. The van der Waals surface area contributed by atoms with Crippen molar-refractivity contribution in [2.24, 2.45) is 0 Å². The van der Waals surface area contributed by atoms with E-state index in [2.05, 4.69) is 14.7 Å². The van der Waals surface area contributed by atoms with E-state index in [1.807, 2.05) is 4.90 Å². The summed E-state index contributed by atoms with van der Waals surface area (Å²) in [5.74, 6) is -1.58. The number of sulfonamides is 1. The Morgan fingerprint density at radius 3 is 2.42 bits per heavy atom. The summed E-state index contributed by atoms with van der Waals surface area (Å²) in [4.78, 5) is 9.44. The number of rotatable bonds is 4. The van der Waals surface area contributed by atoms with E-state index in [-0.39, 0.29) is 5.69 Å². The molecule has 3 rings (SSSR count). The lowest BCUT2D eigenvalue weighted by atomic mass is 10.3. The Labute approximate surface area is 137 Å². The van der Waals surface area contributed by atoms with Crippen molar-refractivity contribution in [2.45, 2.75) is 4.90 Å². The van der Waals surface area contributed by atoms with E-state index >= 15 is 0 Å². The molecule has 1 saturated heterocycles. The van der Waals surface area contributed by atoms with Gasteiger partial charge in [-0.3, -0.25) is 4.72 Å². The molecule has 0 aliphatic carbocycles. The smallest absolute Gasteiger partial charge is 0.264 e. The fraction of sp³-hybridized carbons (Fsp3) is 0.286. The predicted molar refractivity (Wildman–Crippen MR) is 82.2 cm³/mol. The van der Waals surface area contributed by atoms with E-state index in [1.54, 1.807) is 0 Å². The quantitative estimate of drug-likeness (QED) is 0.891. The first-order valence-corrected chi connectivity index (χ1v) is 8.57. The number of nitrogens with zero attached hydrogens (tertiary/aromatic N) is 3. The lowest BCUT2D eigenvalue weighted by Crippen LogP contribution is -2.37. The molecule has 0 radical (unpaired) electrons. The highest BCUT2D eigenvalue weighted by Crippen LogP contribution is 2.19. The minimum Gasteiger partial charge on any atom is -0.378 e. The zero-order valence-corrected chi connectivity index (χ0v) is 13.3. The second kappa shape index (κ2) is 6.65. The predicted octanol–water partition coefficient (Wildman–Crippen LogP) is 1.39. The van der Waals surface area contributed by atoms with Crippen LogP contribution >= 0.6 is 0 Å². The van der Waals surface area contributed by atoms with Crippen LogP contribution in [0.5, 0.6) is 0 Å². The van der Waals surface area contributed by atoms with Gasteiger partial charge in [0, 0.05) is 19.2 Å².